The molecule has 2 aromatic carbocycles. The SMILES string of the molecule is COCO[C@@H]([C@H](O)[C@H](OCc1ccccc1)[C@@H](CO)OCc1ccccc1)[C@H](O)[C@H](C)O. The van der Waals surface area contributed by atoms with Crippen molar-refractivity contribution in [2.45, 2.75) is 56.8 Å². The standard InChI is InChI=1S/C24H34O8/c1-17(26)21(27)24(32-16-29-2)22(28)23(31-15-19-11-7-4-8-12-19)20(13-25)30-14-18-9-5-3-6-10-18/h3-12,17,20-28H,13-16H2,1-2H3/t17-,20+,21+,22+,23+,24+/m0/s1. The lowest BCUT2D eigenvalue weighted by molar-refractivity contribution is -0.217. The van der Waals surface area contributed by atoms with Crippen molar-refractivity contribution in [3.8, 4) is 0 Å². The first kappa shape index (κ1) is 26.4. The normalized spacial score (nSPS) is 17.3. The Morgan fingerprint density at radius 3 is 1.72 bits per heavy atom. The molecule has 4 N–H and O–H groups in total. The highest BCUT2D eigenvalue weighted by Gasteiger charge is 2.40. The number of rotatable bonds is 15. The predicted octanol–water partition coefficient (Wildman–Crippen LogP) is 1.24. The Balaban J connectivity index is 2.22. The molecule has 0 aliphatic carbocycles. The van der Waals surface area contributed by atoms with Gasteiger partial charge in [-0.3, -0.25) is 0 Å². The molecule has 0 saturated carbocycles. The van der Waals surface area contributed by atoms with Crippen molar-refractivity contribution in [1.82, 2.24) is 0 Å². The maximum atomic E-state index is 11.1. The second-order valence-electron chi connectivity index (χ2n) is 7.54. The molecule has 0 radical (unpaired) electrons. The third-order valence-electron chi connectivity index (χ3n) is 5.02. The van der Waals surface area contributed by atoms with Crippen LogP contribution in [-0.2, 0) is 32.2 Å². The molecule has 0 spiro atoms. The molecule has 2 aromatic rings. The number of benzene rings is 2. The quantitative estimate of drug-likeness (QED) is 0.300. The minimum atomic E-state index is -1.44. The van der Waals surface area contributed by atoms with Crippen molar-refractivity contribution in [2.24, 2.45) is 0 Å². The molecule has 0 saturated heterocycles. The van der Waals surface area contributed by atoms with E-state index in [-0.39, 0.29) is 20.0 Å². The van der Waals surface area contributed by atoms with Crippen molar-refractivity contribution in [3.63, 3.8) is 0 Å². The molecule has 32 heavy (non-hydrogen) atoms. The molecule has 2 rings (SSSR count). The summed E-state index contributed by atoms with van der Waals surface area (Å²) in [6.07, 6.45) is -7.28. The Bertz CT molecular complexity index is 727. The van der Waals surface area contributed by atoms with Crippen LogP contribution >= 0.6 is 0 Å². The van der Waals surface area contributed by atoms with Crippen LogP contribution in [0.3, 0.4) is 0 Å². The largest absolute Gasteiger partial charge is 0.394 e. The topological polar surface area (TPSA) is 118 Å². The summed E-state index contributed by atoms with van der Waals surface area (Å²) >= 11 is 0. The Morgan fingerprint density at radius 1 is 0.719 bits per heavy atom. The van der Waals surface area contributed by atoms with Gasteiger partial charge in [0.2, 0.25) is 0 Å². The Labute approximate surface area is 188 Å². The molecule has 8 nitrogen and oxygen atoms in total. The third-order valence-corrected chi connectivity index (χ3v) is 5.02. The van der Waals surface area contributed by atoms with Crippen LogP contribution in [0.2, 0.25) is 0 Å². The second kappa shape index (κ2) is 14.3. The third kappa shape index (κ3) is 8.23. The Hall–Kier alpha value is -1.88. The fourth-order valence-electron chi connectivity index (χ4n) is 3.23. The maximum absolute atomic E-state index is 11.1. The van der Waals surface area contributed by atoms with Crippen molar-refractivity contribution in [2.75, 3.05) is 20.5 Å². The zero-order valence-corrected chi connectivity index (χ0v) is 18.5. The van der Waals surface area contributed by atoms with E-state index in [4.69, 9.17) is 18.9 Å². The van der Waals surface area contributed by atoms with Gasteiger partial charge in [-0.2, -0.15) is 0 Å². The van der Waals surface area contributed by atoms with Gasteiger partial charge in [0.1, 0.15) is 37.3 Å². The van der Waals surface area contributed by atoms with Crippen LogP contribution in [0.15, 0.2) is 60.7 Å². The van der Waals surface area contributed by atoms with E-state index < -0.39 is 43.2 Å². The average Bonchev–Trinajstić information content (AvgIpc) is 2.82. The molecule has 0 fully saturated rings. The number of aliphatic hydroxyl groups is 4. The number of aliphatic hydroxyl groups excluding tert-OH is 4. The first-order chi connectivity index (χ1) is 15.5. The van der Waals surface area contributed by atoms with Crippen molar-refractivity contribution in [3.05, 3.63) is 71.8 Å². The Morgan fingerprint density at radius 2 is 1.25 bits per heavy atom. The first-order valence-electron chi connectivity index (χ1n) is 10.5. The van der Waals surface area contributed by atoms with Gasteiger partial charge in [0.15, 0.2) is 0 Å². The summed E-state index contributed by atoms with van der Waals surface area (Å²) in [5, 5.41) is 41.5. The van der Waals surface area contributed by atoms with E-state index in [0.717, 1.165) is 11.1 Å². The summed E-state index contributed by atoms with van der Waals surface area (Å²) in [6, 6.07) is 18.7. The van der Waals surface area contributed by atoms with Gasteiger partial charge in [-0.25, -0.2) is 0 Å². The van der Waals surface area contributed by atoms with Gasteiger partial charge in [-0.15, -0.1) is 0 Å². The monoisotopic (exact) mass is 450 g/mol. The molecule has 0 aromatic heterocycles. The van der Waals surface area contributed by atoms with Crippen LogP contribution in [0.25, 0.3) is 0 Å². The number of ether oxygens (including phenoxy) is 4. The summed E-state index contributed by atoms with van der Waals surface area (Å²) in [5.74, 6) is 0. The van der Waals surface area contributed by atoms with E-state index >= 15 is 0 Å². The second-order valence-corrected chi connectivity index (χ2v) is 7.54. The molecule has 0 aliphatic heterocycles. The maximum Gasteiger partial charge on any atom is 0.146 e. The summed E-state index contributed by atoms with van der Waals surface area (Å²) in [6.45, 7) is 1.05. The Kier molecular flexibility index (Phi) is 11.8. The van der Waals surface area contributed by atoms with Crippen LogP contribution in [-0.4, -0.2) is 77.6 Å². The van der Waals surface area contributed by atoms with Crippen LogP contribution in [0.1, 0.15) is 18.1 Å². The predicted molar refractivity (Wildman–Crippen MR) is 118 cm³/mol. The summed E-state index contributed by atoms with van der Waals surface area (Å²) in [4.78, 5) is 0. The smallest absolute Gasteiger partial charge is 0.146 e. The lowest BCUT2D eigenvalue weighted by Crippen LogP contribution is -2.55. The van der Waals surface area contributed by atoms with Crippen LogP contribution in [0.5, 0.6) is 0 Å². The van der Waals surface area contributed by atoms with E-state index in [1.54, 1.807) is 0 Å². The lowest BCUT2D eigenvalue weighted by atomic mass is 9.96. The van der Waals surface area contributed by atoms with Crippen molar-refractivity contribution >= 4 is 0 Å². The summed E-state index contributed by atoms with van der Waals surface area (Å²) in [5.41, 5.74) is 1.74. The van der Waals surface area contributed by atoms with E-state index in [1.165, 1.54) is 14.0 Å². The number of hydrogen-bond acceptors (Lipinski definition) is 8. The molecular weight excluding hydrogens is 416 g/mol. The lowest BCUT2D eigenvalue weighted by Gasteiger charge is -2.36. The number of hydrogen-bond donors (Lipinski definition) is 4. The van der Waals surface area contributed by atoms with Crippen molar-refractivity contribution < 1.29 is 39.4 Å². The highest BCUT2D eigenvalue weighted by Crippen LogP contribution is 2.21. The molecule has 0 aliphatic rings. The van der Waals surface area contributed by atoms with Gasteiger partial charge in [-0.1, -0.05) is 60.7 Å². The summed E-state index contributed by atoms with van der Waals surface area (Å²) < 4.78 is 22.2. The highest BCUT2D eigenvalue weighted by molar-refractivity contribution is 5.14. The molecule has 0 unspecified atom stereocenters. The van der Waals surface area contributed by atoms with Gasteiger partial charge >= 0.3 is 0 Å². The van der Waals surface area contributed by atoms with Gasteiger partial charge in [0.05, 0.1) is 25.9 Å². The van der Waals surface area contributed by atoms with Crippen LogP contribution in [0, 0.1) is 0 Å². The fraction of sp³-hybridized carbons (Fsp3) is 0.500. The minimum absolute atomic E-state index is 0.134. The molecule has 0 bridgehead atoms. The summed E-state index contributed by atoms with van der Waals surface area (Å²) in [7, 11) is 1.40. The van der Waals surface area contributed by atoms with Crippen LogP contribution < -0.4 is 0 Å². The van der Waals surface area contributed by atoms with E-state index in [2.05, 4.69) is 0 Å². The van der Waals surface area contributed by atoms with E-state index in [0.29, 0.717) is 0 Å². The first-order valence-corrected chi connectivity index (χ1v) is 10.5. The van der Waals surface area contributed by atoms with Crippen LogP contribution in [0.4, 0.5) is 0 Å². The average molecular weight is 451 g/mol. The molecule has 178 valence electrons. The molecular formula is C24H34O8. The van der Waals surface area contributed by atoms with Gasteiger partial charge in [-0.05, 0) is 18.1 Å². The van der Waals surface area contributed by atoms with Gasteiger partial charge < -0.3 is 39.4 Å². The van der Waals surface area contributed by atoms with E-state index in [1.807, 2.05) is 60.7 Å². The molecule has 6 atom stereocenters. The van der Waals surface area contributed by atoms with Gasteiger partial charge in [0.25, 0.3) is 0 Å². The van der Waals surface area contributed by atoms with E-state index in [9.17, 15) is 20.4 Å². The molecule has 8 heteroatoms. The minimum Gasteiger partial charge on any atom is -0.394 e. The fourth-order valence-corrected chi connectivity index (χ4v) is 3.23. The zero-order valence-electron chi connectivity index (χ0n) is 18.5. The van der Waals surface area contributed by atoms with Gasteiger partial charge in [0, 0.05) is 7.11 Å². The van der Waals surface area contributed by atoms with Crippen molar-refractivity contribution in [1.29, 1.82) is 0 Å². The highest BCUT2D eigenvalue weighted by atomic mass is 16.7. The zero-order chi connectivity index (χ0) is 23.3. The molecule has 0 heterocycles. The molecule has 0 amide bonds. The number of methoxy groups -OCH3 is 1.